The van der Waals surface area contributed by atoms with Crippen molar-refractivity contribution in [1.29, 1.82) is 0 Å². The van der Waals surface area contributed by atoms with Gasteiger partial charge in [-0.25, -0.2) is 4.98 Å². The van der Waals surface area contributed by atoms with Crippen LogP contribution in [0, 0.1) is 0 Å². The lowest BCUT2D eigenvalue weighted by Gasteiger charge is -2.21. The van der Waals surface area contributed by atoms with Gasteiger partial charge in [-0.2, -0.15) is 0 Å². The van der Waals surface area contributed by atoms with E-state index in [2.05, 4.69) is 36.5 Å². The van der Waals surface area contributed by atoms with E-state index < -0.39 is 0 Å². The quantitative estimate of drug-likeness (QED) is 0.811. The number of thiazole rings is 1. The van der Waals surface area contributed by atoms with Crippen LogP contribution in [0.4, 0.5) is 0 Å². The van der Waals surface area contributed by atoms with Gasteiger partial charge in [0.15, 0.2) is 0 Å². The van der Waals surface area contributed by atoms with Crippen LogP contribution in [0.3, 0.4) is 0 Å². The van der Waals surface area contributed by atoms with Crippen LogP contribution in [0.5, 0.6) is 0 Å². The molecular weight excluding hydrogens is 304 g/mol. The van der Waals surface area contributed by atoms with Crippen molar-refractivity contribution in [3.05, 3.63) is 51.5 Å². The summed E-state index contributed by atoms with van der Waals surface area (Å²) < 4.78 is 0. The molecule has 1 heterocycles. The van der Waals surface area contributed by atoms with E-state index in [-0.39, 0.29) is 12.1 Å². The second-order valence-corrected chi connectivity index (χ2v) is 7.71. The van der Waals surface area contributed by atoms with Crippen LogP contribution >= 0.6 is 11.3 Å². The predicted octanol–water partition coefficient (Wildman–Crippen LogP) is 3.84. The highest BCUT2D eigenvalue weighted by atomic mass is 32.1. The van der Waals surface area contributed by atoms with Crippen LogP contribution in [0.15, 0.2) is 30.3 Å². The smallest absolute Gasteiger partial charge is 0.110 e. The number of aryl methyl sites for hydroxylation is 2. The van der Waals surface area contributed by atoms with Crippen molar-refractivity contribution in [2.45, 2.75) is 57.6 Å². The fourth-order valence-corrected chi connectivity index (χ4v) is 4.46. The van der Waals surface area contributed by atoms with E-state index in [0.717, 1.165) is 19.4 Å². The first-order chi connectivity index (χ1) is 11.1. The van der Waals surface area contributed by atoms with E-state index in [0.29, 0.717) is 5.92 Å². The lowest BCUT2D eigenvalue weighted by atomic mass is 9.93. The number of aliphatic hydroxyl groups is 1. The largest absolute Gasteiger partial charge is 0.393 e. The molecule has 3 nitrogen and oxygen atoms in total. The van der Waals surface area contributed by atoms with Gasteiger partial charge in [-0.15, -0.1) is 11.3 Å². The Morgan fingerprint density at radius 3 is 2.70 bits per heavy atom. The van der Waals surface area contributed by atoms with Gasteiger partial charge >= 0.3 is 0 Å². The molecule has 23 heavy (non-hydrogen) atoms. The molecule has 4 heteroatoms. The molecule has 1 aromatic heterocycles. The van der Waals surface area contributed by atoms with E-state index in [1.807, 2.05) is 24.3 Å². The Hall–Kier alpha value is -1.23. The van der Waals surface area contributed by atoms with E-state index in [1.165, 1.54) is 34.0 Å². The second kappa shape index (κ2) is 7.56. The van der Waals surface area contributed by atoms with Crippen LogP contribution in [-0.2, 0) is 12.8 Å². The average molecular weight is 330 g/mol. The van der Waals surface area contributed by atoms with Gasteiger partial charge in [0.05, 0.1) is 17.8 Å². The molecule has 0 aliphatic heterocycles. The number of nitrogens with zero attached hydrogens (tertiary/aromatic N) is 1. The maximum atomic E-state index is 9.81. The van der Waals surface area contributed by atoms with Gasteiger partial charge < -0.3 is 10.4 Å². The summed E-state index contributed by atoms with van der Waals surface area (Å²) in [4.78, 5) is 6.29. The Morgan fingerprint density at radius 1 is 1.22 bits per heavy atom. The summed E-state index contributed by atoms with van der Waals surface area (Å²) in [5.74, 6) is 0.324. The van der Waals surface area contributed by atoms with Gasteiger partial charge in [-0.3, -0.25) is 0 Å². The van der Waals surface area contributed by atoms with Gasteiger partial charge in [-0.1, -0.05) is 30.3 Å². The van der Waals surface area contributed by atoms with E-state index in [1.54, 1.807) is 0 Å². The minimum absolute atomic E-state index is 0.269. The zero-order chi connectivity index (χ0) is 16.2. The molecule has 0 spiro atoms. The van der Waals surface area contributed by atoms with Gasteiger partial charge in [-0.05, 0) is 51.0 Å². The van der Waals surface area contributed by atoms with Crippen molar-refractivity contribution in [1.82, 2.24) is 10.3 Å². The normalized spacial score (nSPS) is 17.7. The van der Waals surface area contributed by atoms with Crippen LogP contribution in [0.2, 0.25) is 0 Å². The molecule has 2 aromatic rings. The average Bonchev–Trinajstić information content (AvgIpc) is 3.13. The van der Waals surface area contributed by atoms with Gasteiger partial charge in [0.2, 0.25) is 0 Å². The standard InChI is InChI=1S/C19H26N2OS/c1-13(22)11-16(15-7-4-3-5-8-15)12-20-14(2)19-21-17-9-6-10-18(17)23-19/h3-5,7-8,13-14,16,20,22H,6,9-12H2,1-2H3. The summed E-state index contributed by atoms with van der Waals surface area (Å²) in [5.41, 5.74) is 2.61. The fourth-order valence-electron chi connectivity index (χ4n) is 3.28. The van der Waals surface area contributed by atoms with E-state index in [9.17, 15) is 5.11 Å². The van der Waals surface area contributed by atoms with Crippen molar-refractivity contribution < 1.29 is 5.11 Å². The molecule has 2 N–H and O–H groups in total. The number of nitrogens with one attached hydrogen (secondary N) is 1. The van der Waals surface area contributed by atoms with Gasteiger partial charge in [0, 0.05) is 11.4 Å². The van der Waals surface area contributed by atoms with Crippen LogP contribution in [0.1, 0.15) is 59.8 Å². The molecule has 0 bridgehead atoms. The Morgan fingerprint density at radius 2 is 2.00 bits per heavy atom. The Labute approximate surface area is 142 Å². The van der Waals surface area contributed by atoms with Crippen LogP contribution in [0.25, 0.3) is 0 Å². The van der Waals surface area contributed by atoms with Crippen molar-refractivity contribution in [3.8, 4) is 0 Å². The fraction of sp³-hybridized carbons (Fsp3) is 0.526. The highest BCUT2D eigenvalue weighted by molar-refractivity contribution is 7.11. The molecule has 3 rings (SSSR count). The molecule has 1 aliphatic rings. The number of hydrogen-bond acceptors (Lipinski definition) is 4. The summed E-state index contributed by atoms with van der Waals surface area (Å²) in [5, 5.41) is 14.6. The number of aliphatic hydroxyl groups excluding tert-OH is 1. The molecule has 124 valence electrons. The van der Waals surface area contributed by atoms with Crippen molar-refractivity contribution >= 4 is 11.3 Å². The summed E-state index contributed by atoms with van der Waals surface area (Å²) >= 11 is 1.87. The third-order valence-corrected chi connectivity index (χ3v) is 5.89. The lowest BCUT2D eigenvalue weighted by molar-refractivity contribution is 0.173. The maximum absolute atomic E-state index is 9.81. The summed E-state index contributed by atoms with van der Waals surface area (Å²) in [7, 11) is 0. The van der Waals surface area contributed by atoms with E-state index >= 15 is 0 Å². The number of fused-ring (bicyclic) bond motifs is 1. The zero-order valence-corrected chi connectivity index (χ0v) is 14.8. The van der Waals surface area contributed by atoms with E-state index in [4.69, 9.17) is 4.98 Å². The second-order valence-electron chi connectivity index (χ2n) is 6.60. The highest BCUT2D eigenvalue weighted by Crippen LogP contribution is 2.31. The molecule has 0 fully saturated rings. The third-order valence-electron chi connectivity index (χ3n) is 4.55. The molecule has 1 aromatic carbocycles. The summed E-state index contributed by atoms with van der Waals surface area (Å²) in [6, 6.07) is 10.7. The predicted molar refractivity (Wildman–Crippen MR) is 96.0 cm³/mol. The van der Waals surface area contributed by atoms with Gasteiger partial charge in [0.1, 0.15) is 5.01 Å². The Balaban J connectivity index is 1.63. The number of aromatic nitrogens is 1. The molecule has 3 atom stereocenters. The molecule has 0 amide bonds. The monoisotopic (exact) mass is 330 g/mol. The zero-order valence-electron chi connectivity index (χ0n) is 14.0. The van der Waals surface area contributed by atoms with Crippen LogP contribution in [-0.4, -0.2) is 22.7 Å². The SMILES string of the molecule is CC(O)CC(CNC(C)c1nc2c(s1)CCC2)c1ccccc1. The first kappa shape index (κ1) is 16.6. The van der Waals surface area contributed by atoms with Crippen molar-refractivity contribution in [2.24, 2.45) is 0 Å². The first-order valence-corrected chi connectivity index (χ1v) is 9.40. The summed E-state index contributed by atoms with van der Waals surface area (Å²) in [6.07, 6.45) is 4.10. The topological polar surface area (TPSA) is 45.1 Å². The maximum Gasteiger partial charge on any atom is 0.110 e. The molecule has 3 unspecified atom stereocenters. The van der Waals surface area contributed by atoms with Gasteiger partial charge in [0.25, 0.3) is 0 Å². The molecule has 0 saturated heterocycles. The van der Waals surface area contributed by atoms with Crippen LogP contribution < -0.4 is 5.32 Å². The lowest BCUT2D eigenvalue weighted by Crippen LogP contribution is -2.26. The summed E-state index contributed by atoms with van der Waals surface area (Å²) in [6.45, 7) is 4.92. The van der Waals surface area contributed by atoms with Crippen molar-refractivity contribution in [2.75, 3.05) is 6.54 Å². The molecule has 0 radical (unpaired) electrons. The Kier molecular flexibility index (Phi) is 5.46. The minimum Gasteiger partial charge on any atom is -0.393 e. The minimum atomic E-state index is -0.291. The third kappa shape index (κ3) is 4.19. The first-order valence-electron chi connectivity index (χ1n) is 8.58. The highest BCUT2D eigenvalue weighted by Gasteiger charge is 2.21. The molecule has 1 aliphatic carbocycles. The number of rotatable bonds is 7. The van der Waals surface area contributed by atoms with Crippen molar-refractivity contribution in [3.63, 3.8) is 0 Å². The molecular formula is C19H26N2OS. The number of hydrogen-bond donors (Lipinski definition) is 2. The Bertz CT molecular complexity index is 602. The number of benzene rings is 1. The molecule has 0 saturated carbocycles.